The molecule has 0 radical (unpaired) electrons. The van der Waals surface area contributed by atoms with E-state index >= 15 is 0 Å². The van der Waals surface area contributed by atoms with Crippen LogP contribution < -0.4 is 5.73 Å². The zero-order valence-corrected chi connectivity index (χ0v) is 11.1. The zero-order chi connectivity index (χ0) is 13.1. The maximum absolute atomic E-state index is 11.6. The summed E-state index contributed by atoms with van der Waals surface area (Å²) in [7, 11) is 0. The number of nitrogens with zero attached hydrogens (tertiary/aromatic N) is 1. The van der Waals surface area contributed by atoms with Gasteiger partial charge in [0.15, 0.2) is 5.69 Å². The number of nitrogens with two attached hydrogens (primary N) is 1. The third kappa shape index (κ3) is 2.36. The molecule has 2 rings (SSSR count). The molecule has 4 nitrogen and oxygen atoms in total. The average molecular weight is 262 g/mol. The number of nitrogen functional groups attached to an aromatic ring is 1. The number of aromatic nitrogens is 1. The van der Waals surface area contributed by atoms with Gasteiger partial charge in [0.05, 0.1) is 6.61 Å². The van der Waals surface area contributed by atoms with Gasteiger partial charge in [-0.25, -0.2) is 9.78 Å². The summed E-state index contributed by atoms with van der Waals surface area (Å²) in [4.78, 5) is 15.9. The second-order valence-corrected chi connectivity index (χ2v) is 4.80. The molecule has 0 saturated heterocycles. The second-order valence-electron chi connectivity index (χ2n) is 3.77. The van der Waals surface area contributed by atoms with E-state index < -0.39 is 5.97 Å². The smallest absolute Gasteiger partial charge is 0.360 e. The van der Waals surface area contributed by atoms with E-state index in [0.29, 0.717) is 11.6 Å². The molecule has 0 unspecified atom stereocenters. The minimum absolute atomic E-state index is 0.208. The van der Waals surface area contributed by atoms with Crippen LogP contribution in [0, 0.1) is 6.92 Å². The van der Waals surface area contributed by atoms with Crippen LogP contribution >= 0.6 is 11.3 Å². The highest BCUT2D eigenvalue weighted by Crippen LogP contribution is 2.32. The van der Waals surface area contributed by atoms with Gasteiger partial charge in [-0.3, -0.25) is 0 Å². The second kappa shape index (κ2) is 5.18. The predicted molar refractivity (Wildman–Crippen MR) is 72.7 cm³/mol. The lowest BCUT2D eigenvalue weighted by Crippen LogP contribution is -2.07. The Labute approximate surface area is 109 Å². The first-order chi connectivity index (χ1) is 8.63. The van der Waals surface area contributed by atoms with E-state index in [1.165, 1.54) is 11.3 Å². The van der Waals surface area contributed by atoms with Crippen LogP contribution in [-0.4, -0.2) is 17.6 Å². The molecule has 0 spiro atoms. The van der Waals surface area contributed by atoms with Crippen molar-refractivity contribution in [3.05, 3.63) is 35.5 Å². The number of carbonyl (C=O) groups is 1. The third-order valence-electron chi connectivity index (χ3n) is 2.50. The van der Waals surface area contributed by atoms with Crippen molar-refractivity contribution in [1.82, 2.24) is 4.98 Å². The zero-order valence-electron chi connectivity index (χ0n) is 10.3. The van der Waals surface area contributed by atoms with Gasteiger partial charge in [0.25, 0.3) is 0 Å². The maximum atomic E-state index is 11.6. The number of hydrogen-bond donors (Lipinski definition) is 1. The van der Waals surface area contributed by atoms with E-state index in [1.54, 1.807) is 6.92 Å². The number of thiazole rings is 1. The highest BCUT2D eigenvalue weighted by Gasteiger charge is 2.18. The van der Waals surface area contributed by atoms with Gasteiger partial charge in [0.1, 0.15) is 10.0 Å². The summed E-state index contributed by atoms with van der Waals surface area (Å²) in [5, 5.41) is 1.14. The van der Waals surface area contributed by atoms with Gasteiger partial charge in [-0.1, -0.05) is 35.6 Å². The Morgan fingerprint density at radius 2 is 2.17 bits per heavy atom. The van der Waals surface area contributed by atoms with Gasteiger partial charge in [0.2, 0.25) is 0 Å². The highest BCUT2D eigenvalue weighted by atomic mass is 32.1. The topological polar surface area (TPSA) is 65.2 Å². The van der Waals surface area contributed by atoms with Gasteiger partial charge in [-0.15, -0.1) is 0 Å². The lowest BCUT2D eigenvalue weighted by molar-refractivity contribution is 0.0522. The van der Waals surface area contributed by atoms with E-state index in [4.69, 9.17) is 10.5 Å². The lowest BCUT2D eigenvalue weighted by Gasteiger charge is -2.00. The molecular weight excluding hydrogens is 248 g/mol. The van der Waals surface area contributed by atoms with Crippen LogP contribution in [-0.2, 0) is 4.74 Å². The van der Waals surface area contributed by atoms with Crippen LogP contribution in [0.5, 0.6) is 0 Å². The van der Waals surface area contributed by atoms with Crippen molar-refractivity contribution in [2.75, 3.05) is 12.3 Å². The number of esters is 1. The summed E-state index contributed by atoms with van der Waals surface area (Å²) in [6.45, 7) is 4.06. The first kappa shape index (κ1) is 12.6. The van der Waals surface area contributed by atoms with Crippen LogP contribution in [0.25, 0.3) is 10.6 Å². The van der Waals surface area contributed by atoms with Crippen molar-refractivity contribution in [1.29, 1.82) is 0 Å². The van der Waals surface area contributed by atoms with Crippen molar-refractivity contribution in [3.8, 4) is 10.6 Å². The molecule has 18 heavy (non-hydrogen) atoms. The molecule has 0 amide bonds. The molecule has 1 aromatic heterocycles. The number of aryl methyl sites for hydroxylation is 1. The number of carbonyl (C=O) groups excluding carboxylic acids is 1. The normalized spacial score (nSPS) is 10.3. The molecule has 5 heteroatoms. The fraction of sp³-hybridized carbons (Fsp3) is 0.231. The van der Waals surface area contributed by atoms with Gasteiger partial charge in [0, 0.05) is 5.56 Å². The summed E-state index contributed by atoms with van der Waals surface area (Å²) in [6, 6.07) is 7.85. The molecule has 0 saturated carbocycles. The van der Waals surface area contributed by atoms with Gasteiger partial charge < -0.3 is 10.5 Å². The monoisotopic (exact) mass is 262 g/mol. The quantitative estimate of drug-likeness (QED) is 0.864. The molecule has 2 aromatic rings. The summed E-state index contributed by atoms with van der Waals surface area (Å²) in [6.07, 6.45) is 0. The van der Waals surface area contributed by atoms with Crippen LogP contribution in [0.15, 0.2) is 24.3 Å². The van der Waals surface area contributed by atoms with Crippen molar-refractivity contribution in [3.63, 3.8) is 0 Å². The van der Waals surface area contributed by atoms with Crippen LogP contribution in [0.3, 0.4) is 0 Å². The van der Waals surface area contributed by atoms with Crippen LogP contribution in [0.2, 0.25) is 0 Å². The molecule has 0 aliphatic rings. The first-order valence-electron chi connectivity index (χ1n) is 5.63. The molecule has 0 aliphatic carbocycles. The average Bonchev–Trinajstić information content (AvgIpc) is 2.72. The van der Waals surface area contributed by atoms with Crippen molar-refractivity contribution in [2.45, 2.75) is 13.8 Å². The van der Waals surface area contributed by atoms with E-state index in [1.807, 2.05) is 31.2 Å². The largest absolute Gasteiger partial charge is 0.461 e. The number of anilines is 1. The van der Waals surface area contributed by atoms with Crippen LogP contribution in [0.1, 0.15) is 23.0 Å². The minimum atomic E-state index is -0.467. The predicted octanol–water partition coefficient (Wildman–Crippen LogP) is 2.88. The van der Waals surface area contributed by atoms with E-state index in [0.717, 1.165) is 16.1 Å². The first-order valence-corrected chi connectivity index (χ1v) is 6.44. The van der Waals surface area contributed by atoms with E-state index in [2.05, 4.69) is 4.98 Å². The third-order valence-corrected chi connectivity index (χ3v) is 3.42. The summed E-state index contributed by atoms with van der Waals surface area (Å²) in [5.41, 5.74) is 8.11. The molecule has 0 fully saturated rings. The highest BCUT2D eigenvalue weighted by molar-refractivity contribution is 7.19. The molecule has 1 heterocycles. The number of ether oxygens (including phenoxy) is 1. The van der Waals surface area contributed by atoms with E-state index in [9.17, 15) is 4.79 Å². The van der Waals surface area contributed by atoms with Gasteiger partial charge in [-0.05, 0) is 19.4 Å². The molecule has 1 aromatic carbocycles. The molecular formula is C13H14N2O2S. The fourth-order valence-corrected chi connectivity index (χ4v) is 2.52. The van der Waals surface area contributed by atoms with Crippen molar-refractivity contribution >= 4 is 22.3 Å². The van der Waals surface area contributed by atoms with Crippen molar-refractivity contribution in [2.24, 2.45) is 0 Å². The fourth-order valence-electron chi connectivity index (χ4n) is 1.61. The Hall–Kier alpha value is -1.88. The number of rotatable bonds is 3. The maximum Gasteiger partial charge on any atom is 0.360 e. The van der Waals surface area contributed by atoms with Crippen LogP contribution in [0.4, 0.5) is 5.00 Å². The lowest BCUT2D eigenvalue weighted by atomic mass is 10.1. The number of benzene rings is 1. The SMILES string of the molecule is CCOC(=O)c1nc(-c2ccccc2C)sc1N. The van der Waals surface area contributed by atoms with E-state index in [-0.39, 0.29) is 5.69 Å². The molecule has 94 valence electrons. The van der Waals surface area contributed by atoms with Gasteiger partial charge >= 0.3 is 5.97 Å². The summed E-state index contributed by atoms with van der Waals surface area (Å²) >= 11 is 1.30. The van der Waals surface area contributed by atoms with Crippen molar-refractivity contribution < 1.29 is 9.53 Å². The molecule has 2 N–H and O–H groups in total. The minimum Gasteiger partial charge on any atom is -0.461 e. The summed E-state index contributed by atoms with van der Waals surface area (Å²) in [5.74, 6) is -0.467. The standard InChI is InChI=1S/C13H14N2O2S/c1-3-17-13(16)10-11(14)18-12(15-10)9-7-5-4-6-8(9)2/h4-7H,3,14H2,1-2H3. The molecule has 0 aliphatic heterocycles. The molecule has 0 bridgehead atoms. The Morgan fingerprint density at radius 1 is 1.44 bits per heavy atom. The Kier molecular flexibility index (Phi) is 3.62. The Balaban J connectivity index is 2.41. The number of hydrogen-bond acceptors (Lipinski definition) is 5. The molecule has 0 atom stereocenters. The Morgan fingerprint density at radius 3 is 2.83 bits per heavy atom. The van der Waals surface area contributed by atoms with Gasteiger partial charge in [-0.2, -0.15) is 0 Å². The summed E-state index contributed by atoms with van der Waals surface area (Å²) < 4.78 is 4.91. The Bertz CT molecular complexity index is 578.